The molecule has 7 heteroatoms. The van der Waals surface area contributed by atoms with Gasteiger partial charge in [0.15, 0.2) is 0 Å². The molecule has 0 heterocycles. The maximum absolute atomic E-state index is 13.0. The van der Waals surface area contributed by atoms with E-state index in [-0.39, 0.29) is 16.8 Å². The molecule has 0 bridgehead atoms. The largest absolute Gasteiger partial charge is 0.399 e. The van der Waals surface area contributed by atoms with Crippen molar-refractivity contribution in [1.29, 1.82) is 0 Å². The molecule has 0 unspecified atom stereocenters. The van der Waals surface area contributed by atoms with Gasteiger partial charge in [-0.25, -0.2) is 8.42 Å². The molecular weight excluding hydrogens is 362 g/mol. The van der Waals surface area contributed by atoms with Crippen LogP contribution in [0.5, 0.6) is 0 Å². The second kappa shape index (κ2) is 8.10. The number of rotatable bonds is 5. The van der Waals surface area contributed by atoms with Gasteiger partial charge in [-0.2, -0.15) is 4.31 Å². The van der Waals surface area contributed by atoms with Crippen LogP contribution >= 0.6 is 0 Å². The number of nitrogen functional groups attached to an aromatic ring is 1. The summed E-state index contributed by atoms with van der Waals surface area (Å²) in [6.07, 6.45) is 5.06. The molecule has 1 amide bonds. The van der Waals surface area contributed by atoms with Gasteiger partial charge in [0.25, 0.3) is 5.91 Å². The highest BCUT2D eigenvalue weighted by Gasteiger charge is 2.29. The molecule has 0 atom stereocenters. The number of nitrogens with one attached hydrogen (secondary N) is 1. The Morgan fingerprint density at radius 2 is 1.78 bits per heavy atom. The number of carbonyl (C=O) groups excluding carboxylic acids is 1. The Bertz CT molecular complexity index is 922. The second-order valence-electron chi connectivity index (χ2n) is 6.92. The van der Waals surface area contributed by atoms with Gasteiger partial charge in [0.05, 0.1) is 4.90 Å². The van der Waals surface area contributed by atoms with Crippen molar-refractivity contribution >= 4 is 27.3 Å². The Hall–Kier alpha value is -2.38. The molecule has 0 radical (unpaired) electrons. The van der Waals surface area contributed by atoms with E-state index in [1.807, 2.05) is 0 Å². The smallest absolute Gasteiger partial charge is 0.255 e. The zero-order chi connectivity index (χ0) is 19.4. The van der Waals surface area contributed by atoms with Gasteiger partial charge >= 0.3 is 0 Å². The van der Waals surface area contributed by atoms with E-state index in [1.54, 1.807) is 49.5 Å². The summed E-state index contributed by atoms with van der Waals surface area (Å²) in [5.74, 6) is -0.336. The van der Waals surface area contributed by atoms with Crippen LogP contribution in [0.1, 0.15) is 42.5 Å². The molecule has 27 heavy (non-hydrogen) atoms. The molecule has 2 aromatic rings. The first-order chi connectivity index (χ1) is 12.9. The van der Waals surface area contributed by atoms with Crippen molar-refractivity contribution < 1.29 is 13.2 Å². The van der Waals surface area contributed by atoms with Crippen molar-refractivity contribution in [2.45, 2.75) is 43.0 Å². The molecule has 6 nitrogen and oxygen atoms in total. The van der Waals surface area contributed by atoms with E-state index < -0.39 is 10.0 Å². The predicted molar refractivity (Wildman–Crippen MR) is 107 cm³/mol. The number of benzene rings is 2. The van der Waals surface area contributed by atoms with Crippen LogP contribution < -0.4 is 11.1 Å². The number of carbonyl (C=O) groups is 1. The number of nitrogens with two attached hydrogens (primary N) is 1. The summed E-state index contributed by atoms with van der Waals surface area (Å²) in [6.45, 7) is 0. The van der Waals surface area contributed by atoms with Crippen LogP contribution in [0, 0.1) is 0 Å². The SMILES string of the molecule is CN(C1CCCCC1)S(=O)(=O)c1cccc(NC(=O)c2cccc(N)c2)c1. The number of hydrogen-bond acceptors (Lipinski definition) is 4. The molecule has 1 saturated carbocycles. The highest BCUT2D eigenvalue weighted by atomic mass is 32.2. The summed E-state index contributed by atoms with van der Waals surface area (Å²) in [7, 11) is -1.96. The lowest BCUT2D eigenvalue weighted by Crippen LogP contribution is -2.38. The van der Waals surface area contributed by atoms with Crippen molar-refractivity contribution in [1.82, 2.24) is 4.31 Å². The van der Waals surface area contributed by atoms with Crippen molar-refractivity contribution in [3.63, 3.8) is 0 Å². The summed E-state index contributed by atoms with van der Waals surface area (Å²) < 4.78 is 27.4. The number of anilines is 2. The van der Waals surface area contributed by atoms with Crippen LogP contribution in [-0.2, 0) is 10.0 Å². The lowest BCUT2D eigenvalue weighted by atomic mass is 9.96. The number of nitrogens with zero attached hydrogens (tertiary/aromatic N) is 1. The summed E-state index contributed by atoms with van der Waals surface area (Å²) in [5.41, 5.74) is 7.05. The first-order valence-corrected chi connectivity index (χ1v) is 10.6. The van der Waals surface area contributed by atoms with Crippen molar-refractivity contribution in [3.05, 3.63) is 54.1 Å². The molecule has 1 aliphatic carbocycles. The third-order valence-electron chi connectivity index (χ3n) is 5.01. The molecule has 0 aliphatic heterocycles. The molecule has 0 aromatic heterocycles. The predicted octanol–water partition coefficient (Wildman–Crippen LogP) is 3.47. The normalized spacial score (nSPS) is 15.6. The molecule has 0 saturated heterocycles. The Morgan fingerprint density at radius 3 is 2.48 bits per heavy atom. The fraction of sp³-hybridized carbons (Fsp3) is 0.350. The fourth-order valence-electron chi connectivity index (χ4n) is 3.42. The van der Waals surface area contributed by atoms with Gasteiger partial charge in [-0.05, 0) is 49.2 Å². The Labute approximate surface area is 160 Å². The zero-order valence-electron chi connectivity index (χ0n) is 15.4. The van der Waals surface area contributed by atoms with Crippen molar-refractivity contribution in [2.24, 2.45) is 0 Å². The van der Waals surface area contributed by atoms with E-state index in [1.165, 1.54) is 10.4 Å². The van der Waals surface area contributed by atoms with Crippen LogP contribution in [-0.4, -0.2) is 31.7 Å². The van der Waals surface area contributed by atoms with Gasteiger partial charge in [0.1, 0.15) is 0 Å². The maximum Gasteiger partial charge on any atom is 0.255 e. The van der Waals surface area contributed by atoms with Crippen LogP contribution in [0.25, 0.3) is 0 Å². The van der Waals surface area contributed by atoms with Gasteiger partial charge in [-0.1, -0.05) is 31.4 Å². The van der Waals surface area contributed by atoms with E-state index in [9.17, 15) is 13.2 Å². The molecule has 3 rings (SSSR count). The van der Waals surface area contributed by atoms with E-state index in [0.717, 1.165) is 32.1 Å². The summed E-state index contributed by atoms with van der Waals surface area (Å²) in [5, 5.41) is 2.74. The van der Waals surface area contributed by atoms with Crippen LogP contribution in [0.15, 0.2) is 53.4 Å². The molecule has 2 aromatic carbocycles. The first kappa shape index (κ1) is 19.4. The first-order valence-electron chi connectivity index (χ1n) is 9.13. The van der Waals surface area contributed by atoms with Crippen LogP contribution in [0.2, 0.25) is 0 Å². The molecule has 3 N–H and O–H groups in total. The Kier molecular flexibility index (Phi) is 5.82. The van der Waals surface area contributed by atoms with Gasteiger partial charge in [-0.15, -0.1) is 0 Å². The van der Waals surface area contributed by atoms with E-state index >= 15 is 0 Å². The minimum absolute atomic E-state index is 0.0364. The fourth-order valence-corrected chi connectivity index (χ4v) is 4.89. The lowest BCUT2D eigenvalue weighted by molar-refractivity contribution is 0.102. The highest BCUT2D eigenvalue weighted by molar-refractivity contribution is 7.89. The zero-order valence-corrected chi connectivity index (χ0v) is 16.2. The van der Waals surface area contributed by atoms with Crippen LogP contribution in [0.3, 0.4) is 0 Å². The molecule has 0 spiro atoms. The highest BCUT2D eigenvalue weighted by Crippen LogP contribution is 2.27. The summed E-state index contributed by atoms with van der Waals surface area (Å²) in [6, 6.07) is 13.0. The van der Waals surface area contributed by atoms with E-state index in [2.05, 4.69) is 5.32 Å². The van der Waals surface area contributed by atoms with E-state index in [4.69, 9.17) is 5.73 Å². The molecule has 1 fully saturated rings. The Balaban J connectivity index is 1.79. The molecule has 1 aliphatic rings. The molecular formula is C20H25N3O3S. The number of amides is 1. The average Bonchev–Trinajstić information content (AvgIpc) is 2.68. The third-order valence-corrected chi connectivity index (χ3v) is 6.91. The summed E-state index contributed by atoms with van der Waals surface area (Å²) >= 11 is 0. The summed E-state index contributed by atoms with van der Waals surface area (Å²) in [4.78, 5) is 12.6. The topological polar surface area (TPSA) is 92.5 Å². The second-order valence-corrected chi connectivity index (χ2v) is 8.92. The van der Waals surface area contributed by atoms with E-state index in [0.29, 0.717) is 16.9 Å². The van der Waals surface area contributed by atoms with Crippen molar-refractivity contribution in [2.75, 3.05) is 18.1 Å². The van der Waals surface area contributed by atoms with Gasteiger partial charge in [0.2, 0.25) is 10.0 Å². The van der Waals surface area contributed by atoms with Gasteiger partial charge in [0, 0.05) is 30.0 Å². The monoisotopic (exact) mass is 387 g/mol. The van der Waals surface area contributed by atoms with Crippen LogP contribution in [0.4, 0.5) is 11.4 Å². The average molecular weight is 388 g/mol. The Morgan fingerprint density at radius 1 is 1.07 bits per heavy atom. The minimum Gasteiger partial charge on any atom is -0.399 e. The van der Waals surface area contributed by atoms with Gasteiger partial charge < -0.3 is 11.1 Å². The maximum atomic E-state index is 13.0. The standard InChI is InChI=1S/C20H25N3O3S/c1-23(18-10-3-2-4-11-18)27(25,26)19-12-6-9-17(14-19)22-20(24)15-7-5-8-16(21)13-15/h5-9,12-14,18H,2-4,10-11,21H2,1H3,(H,22,24). The lowest BCUT2D eigenvalue weighted by Gasteiger charge is -2.30. The van der Waals surface area contributed by atoms with Gasteiger partial charge in [-0.3, -0.25) is 4.79 Å². The quantitative estimate of drug-likeness (QED) is 0.768. The third kappa shape index (κ3) is 4.48. The minimum atomic E-state index is -3.61. The number of hydrogen-bond donors (Lipinski definition) is 2. The van der Waals surface area contributed by atoms with Crippen molar-refractivity contribution in [3.8, 4) is 0 Å². The molecule has 144 valence electrons. The number of sulfonamides is 1.